The minimum atomic E-state index is -1.26. The van der Waals surface area contributed by atoms with Crippen LogP contribution in [0.3, 0.4) is 0 Å². The van der Waals surface area contributed by atoms with Crippen LogP contribution in [0.2, 0.25) is 0 Å². The maximum absolute atomic E-state index is 9.55. The van der Waals surface area contributed by atoms with Crippen molar-refractivity contribution in [2.45, 2.75) is 0 Å². The smallest absolute Gasteiger partial charge is 0.328 e. The van der Waals surface area contributed by atoms with Crippen LogP contribution in [0.15, 0.2) is 12.2 Å². The summed E-state index contributed by atoms with van der Waals surface area (Å²) in [7, 11) is 0. The highest BCUT2D eigenvalue weighted by atomic mass is 16.4. The molecule has 0 aliphatic heterocycles. The van der Waals surface area contributed by atoms with Crippen LogP contribution in [0.5, 0.6) is 0 Å². The molecule has 11 heavy (non-hydrogen) atoms. The van der Waals surface area contributed by atoms with E-state index in [0.29, 0.717) is 12.2 Å². The van der Waals surface area contributed by atoms with Gasteiger partial charge >= 0.3 is 11.9 Å². The van der Waals surface area contributed by atoms with Crippen molar-refractivity contribution in [2.75, 3.05) is 0 Å². The molecule has 0 aromatic heterocycles. The molecule has 6 nitrogen and oxygen atoms in total. The number of rotatable bonds is 2. The Kier molecular flexibility index (Phi) is 8.81. The number of hydrogen-bond acceptors (Lipinski definition) is 3. The van der Waals surface area contributed by atoms with Crippen LogP contribution < -0.4 is 5.73 Å². The molecule has 0 saturated heterocycles. The first-order chi connectivity index (χ1) is 5.04. The zero-order chi connectivity index (χ0) is 9.28. The van der Waals surface area contributed by atoms with Crippen molar-refractivity contribution in [1.29, 1.82) is 0 Å². The van der Waals surface area contributed by atoms with E-state index in [0.717, 1.165) is 0 Å². The SMILES string of the molecule is NC=O.O=C(O)/C=C/C(=O)O. The maximum Gasteiger partial charge on any atom is 0.328 e. The third-order valence-corrected chi connectivity index (χ3v) is 0.368. The summed E-state index contributed by atoms with van der Waals surface area (Å²) in [5, 5.41) is 15.6. The first kappa shape index (κ1) is 11.9. The summed E-state index contributed by atoms with van der Waals surface area (Å²) in [6.45, 7) is 0. The van der Waals surface area contributed by atoms with Crippen molar-refractivity contribution in [3.8, 4) is 0 Å². The molecule has 0 unspecified atom stereocenters. The predicted octanol–water partition coefficient (Wildman–Crippen LogP) is -1.19. The summed E-state index contributed by atoms with van der Waals surface area (Å²) >= 11 is 0. The Bertz CT molecular complexity index is 158. The summed E-state index contributed by atoms with van der Waals surface area (Å²) in [6, 6.07) is 0. The van der Waals surface area contributed by atoms with Crippen LogP contribution in [0.1, 0.15) is 0 Å². The van der Waals surface area contributed by atoms with Crippen LogP contribution in [-0.4, -0.2) is 28.6 Å². The van der Waals surface area contributed by atoms with E-state index in [9.17, 15) is 9.59 Å². The van der Waals surface area contributed by atoms with E-state index in [1.54, 1.807) is 0 Å². The average molecular weight is 161 g/mol. The normalized spacial score (nSPS) is 8.00. The molecule has 0 bridgehead atoms. The van der Waals surface area contributed by atoms with E-state index in [1.165, 1.54) is 0 Å². The van der Waals surface area contributed by atoms with E-state index >= 15 is 0 Å². The second-order valence-corrected chi connectivity index (χ2v) is 1.15. The van der Waals surface area contributed by atoms with Crippen molar-refractivity contribution in [2.24, 2.45) is 5.73 Å². The Hall–Kier alpha value is -1.85. The minimum Gasteiger partial charge on any atom is -0.478 e. The highest BCUT2D eigenvalue weighted by Gasteiger charge is 1.88. The fourth-order valence-electron chi connectivity index (χ4n) is 0.143. The predicted molar refractivity (Wildman–Crippen MR) is 34.7 cm³/mol. The van der Waals surface area contributed by atoms with Gasteiger partial charge in [-0.05, 0) is 0 Å². The van der Waals surface area contributed by atoms with Crippen LogP contribution in [0, 0.1) is 0 Å². The fourth-order valence-corrected chi connectivity index (χ4v) is 0.143. The quantitative estimate of drug-likeness (QED) is 0.347. The molecule has 0 heterocycles. The molecule has 0 aliphatic rings. The Morgan fingerprint density at radius 3 is 1.36 bits per heavy atom. The number of carboxylic acid groups (broad SMARTS) is 2. The van der Waals surface area contributed by atoms with Gasteiger partial charge in [0.1, 0.15) is 0 Å². The number of hydrogen-bond donors (Lipinski definition) is 3. The lowest BCUT2D eigenvalue weighted by Gasteiger charge is -1.74. The largest absolute Gasteiger partial charge is 0.478 e. The molecule has 0 aromatic carbocycles. The molecule has 0 fully saturated rings. The number of amides is 1. The van der Waals surface area contributed by atoms with Crippen molar-refractivity contribution in [3.63, 3.8) is 0 Å². The molecule has 1 amide bonds. The number of carbonyl (C=O) groups is 3. The Labute approximate surface area is 61.9 Å². The highest BCUT2D eigenvalue weighted by molar-refractivity contribution is 5.89. The average Bonchev–Trinajstić information content (AvgIpc) is 1.85. The van der Waals surface area contributed by atoms with E-state index in [4.69, 9.17) is 15.0 Å². The molecular formula is C5H7NO5. The molecule has 0 aromatic rings. The number of aliphatic carboxylic acids is 2. The molecule has 0 rings (SSSR count). The van der Waals surface area contributed by atoms with Crippen molar-refractivity contribution in [3.05, 3.63) is 12.2 Å². The standard InChI is InChI=1S/C4H4O4.CH3NO/c5-3(6)1-2-4(7)8;2-1-3/h1-2H,(H,5,6)(H,7,8);1H,(H2,2,3)/b2-1+;. The summed E-state index contributed by atoms with van der Waals surface area (Å²) in [4.78, 5) is 27.7. The minimum absolute atomic E-state index is 0.250. The van der Waals surface area contributed by atoms with Gasteiger partial charge in [-0.15, -0.1) is 0 Å². The van der Waals surface area contributed by atoms with E-state index in [-0.39, 0.29) is 6.41 Å². The second kappa shape index (κ2) is 8.15. The lowest BCUT2D eigenvalue weighted by Crippen LogP contribution is -1.91. The van der Waals surface area contributed by atoms with Gasteiger partial charge < -0.3 is 15.9 Å². The number of nitrogens with two attached hydrogens (primary N) is 1. The van der Waals surface area contributed by atoms with Gasteiger partial charge in [-0.3, -0.25) is 4.79 Å². The van der Waals surface area contributed by atoms with Crippen molar-refractivity contribution >= 4 is 18.3 Å². The molecule has 0 spiro atoms. The van der Waals surface area contributed by atoms with Gasteiger partial charge in [0.2, 0.25) is 6.41 Å². The summed E-state index contributed by atoms with van der Waals surface area (Å²) in [5.41, 5.74) is 4.17. The third kappa shape index (κ3) is 31.1. The summed E-state index contributed by atoms with van der Waals surface area (Å²) in [6.07, 6.45) is 1.37. The Morgan fingerprint density at radius 1 is 1.09 bits per heavy atom. The van der Waals surface area contributed by atoms with Crippen LogP contribution in [0.4, 0.5) is 0 Å². The Morgan fingerprint density at radius 2 is 1.27 bits per heavy atom. The first-order valence-electron chi connectivity index (χ1n) is 2.34. The summed E-state index contributed by atoms with van der Waals surface area (Å²) < 4.78 is 0. The van der Waals surface area contributed by atoms with Crippen LogP contribution >= 0.6 is 0 Å². The van der Waals surface area contributed by atoms with E-state index < -0.39 is 11.9 Å². The fraction of sp³-hybridized carbons (Fsp3) is 0. The zero-order valence-corrected chi connectivity index (χ0v) is 5.43. The van der Waals surface area contributed by atoms with Gasteiger partial charge in [0, 0.05) is 12.2 Å². The van der Waals surface area contributed by atoms with Gasteiger partial charge in [0.15, 0.2) is 0 Å². The molecule has 0 radical (unpaired) electrons. The lowest BCUT2D eigenvalue weighted by atomic mass is 10.5. The lowest BCUT2D eigenvalue weighted by molar-refractivity contribution is -0.134. The molecule has 0 saturated carbocycles. The van der Waals surface area contributed by atoms with Gasteiger partial charge in [-0.1, -0.05) is 0 Å². The summed E-state index contributed by atoms with van der Waals surface area (Å²) in [5.74, 6) is -2.51. The third-order valence-electron chi connectivity index (χ3n) is 0.368. The van der Waals surface area contributed by atoms with Gasteiger partial charge in [-0.25, -0.2) is 9.59 Å². The number of carbonyl (C=O) groups excluding carboxylic acids is 1. The number of primary amides is 1. The van der Waals surface area contributed by atoms with Crippen molar-refractivity contribution in [1.82, 2.24) is 0 Å². The molecule has 62 valence electrons. The van der Waals surface area contributed by atoms with Crippen LogP contribution in [-0.2, 0) is 14.4 Å². The van der Waals surface area contributed by atoms with E-state index in [2.05, 4.69) is 5.73 Å². The second-order valence-electron chi connectivity index (χ2n) is 1.15. The highest BCUT2D eigenvalue weighted by Crippen LogP contribution is 1.70. The maximum atomic E-state index is 9.55. The molecule has 0 aliphatic carbocycles. The molecule has 0 atom stereocenters. The Balaban J connectivity index is 0. The van der Waals surface area contributed by atoms with Gasteiger partial charge in [0.05, 0.1) is 0 Å². The molecule has 4 N–H and O–H groups in total. The van der Waals surface area contributed by atoms with Crippen molar-refractivity contribution < 1.29 is 24.6 Å². The number of carboxylic acids is 2. The monoisotopic (exact) mass is 161 g/mol. The van der Waals surface area contributed by atoms with E-state index in [1.807, 2.05) is 0 Å². The van der Waals surface area contributed by atoms with Crippen LogP contribution in [0.25, 0.3) is 0 Å². The zero-order valence-electron chi connectivity index (χ0n) is 5.43. The van der Waals surface area contributed by atoms with Gasteiger partial charge in [-0.2, -0.15) is 0 Å². The first-order valence-corrected chi connectivity index (χ1v) is 2.34. The molecular weight excluding hydrogens is 154 g/mol. The van der Waals surface area contributed by atoms with Gasteiger partial charge in [0.25, 0.3) is 0 Å². The molecule has 6 heteroatoms. The topological polar surface area (TPSA) is 118 Å².